The van der Waals surface area contributed by atoms with E-state index in [2.05, 4.69) is 0 Å². The second-order valence-electron chi connectivity index (χ2n) is 2.95. The van der Waals surface area contributed by atoms with Crippen LogP contribution in [0.3, 0.4) is 0 Å². The molecule has 0 radical (unpaired) electrons. The van der Waals surface area contributed by atoms with Crippen molar-refractivity contribution in [3.05, 3.63) is 0 Å². The van der Waals surface area contributed by atoms with Crippen LogP contribution < -0.4 is 5.14 Å². The first-order chi connectivity index (χ1) is 4.99. The van der Waals surface area contributed by atoms with Crippen LogP contribution in [0, 0.1) is 5.92 Å². The molecule has 0 aromatic rings. The van der Waals surface area contributed by atoms with Crippen LogP contribution in [0.15, 0.2) is 0 Å². The van der Waals surface area contributed by atoms with Gasteiger partial charge < -0.3 is 4.74 Å². The Morgan fingerprint density at radius 3 is 2.64 bits per heavy atom. The number of rotatable bonds is 2. The molecule has 0 saturated carbocycles. The topological polar surface area (TPSA) is 69.4 Å². The van der Waals surface area contributed by atoms with Gasteiger partial charge in [-0.15, -0.1) is 0 Å². The van der Waals surface area contributed by atoms with Gasteiger partial charge in [0.2, 0.25) is 10.0 Å². The molecule has 2 N–H and O–H groups in total. The molecule has 1 aliphatic rings. The molecule has 2 atom stereocenters. The summed E-state index contributed by atoms with van der Waals surface area (Å²) in [4.78, 5) is 0. The Morgan fingerprint density at radius 1 is 1.64 bits per heavy atom. The van der Waals surface area contributed by atoms with E-state index < -0.39 is 10.0 Å². The molecule has 11 heavy (non-hydrogen) atoms. The monoisotopic (exact) mass is 179 g/mol. The van der Waals surface area contributed by atoms with E-state index in [0.717, 1.165) is 6.42 Å². The lowest BCUT2D eigenvalue weighted by molar-refractivity contribution is 0.110. The Morgan fingerprint density at radius 2 is 2.27 bits per heavy atom. The van der Waals surface area contributed by atoms with Gasteiger partial charge in [0.15, 0.2) is 0 Å². The summed E-state index contributed by atoms with van der Waals surface area (Å²) in [5.74, 6) is 0.138. The molecular weight excluding hydrogens is 166 g/mol. The molecule has 0 aromatic carbocycles. The van der Waals surface area contributed by atoms with E-state index in [1.54, 1.807) is 0 Å². The highest BCUT2D eigenvalue weighted by Crippen LogP contribution is 2.20. The van der Waals surface area contributed by atoms with Crippen molar-refractivity contribution in [2.24, 2.45) is 11.1 Å². The van der Waals surface area contributed by atoms with Gasteiger partial charge in [0.1, 0.15) is 0 Å². The molecule has 1 fully saturated rings. The van der Waals surface area contributed by atoms with Gasteiger partial charge in [-0.3, -0.25) is 0 Å². The highest BCUT2D eigenvalue weighted by molar-refractivity contribution is 7.89. The number of sulfonamides is 1. The van der Waals surface area contributed by atoms with Crippen molar-refractivity contribution in [2.75, 3.05) is 12.4 Å². The fraction of sp³-hybridized carbons (Fsp3) is 1.00. The number of nitrogens with two attached hydrogens (primary N) is 1. The molecule has 1 aliphatic heterocycles. The largest absolute Gasteiger partial charge is 0.378 e. The van der Waals surface area contributed by atoms with E-state index in [0.29, 0.717) is 6.61 Å². The van der Waals surface area contributed by atoms with Crippen molar-refractivity contribution in [1.29, 1.82) is 0 Å². The third-order valence-corrected chi connectivity index (χ3v) is 2.87. The fourth-order valence-corrected chi connectivity index (χ4v) is 2.33. The molecule has 4 nitrogen and oxygen atoms in total. The first-order valence-corrected chi connectivity index (χ1v) is 5.32. The Hall–Kier alpha value is -0.130. The van der Waals surface area contributed by atoms with Crippen LogP contribution in [0.4, 0.5) is 0 Å². The molecule has 2 unspecified atom stereocenters. The zero-order valence-corrected chi connectivity index (χ0v) is 7.30. The Kier molecular flexibility index (Phi) is 2.51. The van der Waals surface area contributed by atoms with Crippen LogP contribution in [-0.4, -0.2) is 26.9 Å². The van der Waals surface area contributed by atoms with E-state index in [9.17, 15) is 8.42 Å². The normalized spacial score (nSPS) is 32.5. The molecule has 0 bridgehead atoms. The van der Waals surface area contributed by atoms with Crippen LogP contribution in [0.1, 0.15) is 13.3 Å². The van der Waals surface area contributed by atoms with Gasteiger partial charge in [-0.05, 0) is 13.3 Å². The number of hydrogen-bond acceptors (Lipinski definition) is 3. The molecule has 1 saturated heterocycles. The minimum atomic E-state index is -3.32. The minimum absolute atomic E-state index is 0.0355. The summed E-state index contributed by atoms with van der Waals surface area (Å²) in [5.41, 5.74) is 0. The first-order valence-electron chi connectivity index (χ1n) is 3.61. The number of hydrogen-bond donors (Lipinski definition) is 1. The van der Waals surface area contributed by atoms with Gasteiger partial charge in [0, 0.05) is 12.5 Å². The Labute approximate surface area is 66.8 Å². The van der Waals surface area contributed by atoms with Crippen LogP contribution in [-0.2, 0) is 14.8 Å². The maximum absolute atomic E-state index is 10.7. The van der Waals surface area contributed by atoms with Crippen LogP contribution >= 0.6 is 0 Å². The maximum Gasteiger partial charge on any atom is 0.209 e. The highest BCUT2D eigenvalue weighted by atomic mass is 32.2. The van der Waals surface area contributed by atoms with Crippen molar-refractivity contribution in [1.82, 2.24) is 0 Å². The van der Waals surface area contributed by atoms with Gasteiger partial charge in [-0.2, -0.15) is 0 Å². The van der Waals surface area contributed by atoms with Gasteiger partial charge in [0.25, 0.3) is 0 Å². The molecule has 0 aromatic heterocycles. The molecule has 66 valence electrons. The maximum atomic E-state index is 10.7. The average Bonchev–Trinajstić information content (AvgIpc) is 2.12. The lowest BCUT2D eigenvalue weighted by Crippen LogP contribution is -2.26. The van der Waals surface area contributed by atoms with E-state index in [4.69, 9.17) is 9.88 Å². The van der Waals surface area contributed by atoms with Crippen LogP contribution in [0.5, 0.6) is 0 Å². The highest BCUT2D eigenvalue weighted by Gasteiger charge is 2.27. The summed E-state index contributed by atoms with van der Waals surface area (Å²) in [6.07, 6.45) is 0.839. The van der Waals surface area contributed by atoms with Crippen molar-refractivity contribution in [3.8, 4) is 0 Å². The molecule has 0 aliphatic carbocycles. The van der Waals surface area contributed by atoms with Gasteiger partial charge >= 0.3 is 0 Å². The first kappa shape index (κ1) is 8.96. The second-order valence-corrected chi connectivity index (χ2v) is 4.61. The third kappa shape index (κ3) is 2.76. The predicted molar refractivity (Wildman–Crippen MR) is 41.5 cm³/mol. The Balaban J connectivity index is 2.50. The number of primary sulfonamides is 1. The van der Waals surface area contributed by atoms with E-state index in [1.807, 2.05) is 6.92 Å². The van der Waals surface area contributed by atoms with Crippen molar-refractivity contribution >= 4 is 10.0 Å². The van der Waals surface area contributed by atoms with Gasteiger partial charge in [-0.1, -0.05) is 0 Å². The van der Waals surface area contributed by atoms with Gasteiger partial charge in [-0.25, -0.2) is 13.6 Å². The summed E-state index contributed by atoms with van der Waals surface area (Å²) < 4.78 is 26.5. The molecule has 1 heterocycles. The molecular formula is C6H13NO3S. The fourth-order valence-electron chi connectivity index (χ4n) is 1.29. The zero-order chi connectivity index (χ0) is 8.48. The zero-order valence-electron chi connectivity index (χ0n) is 6.49. The van der Waals surface area contributed by atoms with Crippen molar-refractivity contribution in [3.63, 3.8) is 0 Å². The van der Waals surface area contributed by atoms with E-state index >= 15 is 0 Å². The standard InChI is InChI=1S/C6H13NO3S/c1-5-6(2-3-10-5)4-11(7,8)9/h5-6H,2-4H2,1H3,(H2,7,8,9). The Bertz CT molecular complexity index is 224. The second kappa shape index (κ2) is 3.08. The lowest BCUT2D eigenvalue weighted by atomic mass is 10.1. The van der Waals surface area contributed by atoms with E-state index in [-0.39, 0.29) is 17.8 Å². The molecule has 0 amide bonds. The number of ether oxygens (including phenoxy) is 1. The quantitative estimate of drug-likeness (QED) is 0.632. The third-order valence-electron chi connectivity index (χ3n) is 1.98. The molecule has 0 spiro atoms. The molecule has 1 rings (SSSR count). The summed E-state index contributed by atoms with van der Waals surface area (Å²) in [5, 5.41) is 4.89. The summed E-state index contributed by atoms with van der Waals surface area (Å²) in [6, 6.07) is 0. The van der Waals surface area contributed by atoms with Crippen LogP contribution in [0.2, 0.25) is 0 Å². The van der Waals surface area contributed by atoms with Crippen molar-refractivity contribution in [2.45, 2.75) is 19.4 Å². The summed E-state index contributed by atoms with van der Waals surface area (Å²) in [7, 11) is -3.32. The molecule has 5 heteroatoms. The summed E-state index contributed by atoms with van der Waals surface area (Å²) >= 11 is 0. The lowest BCUT2D eigenvalue weighted by Gasteiger charge is -2.11. The van der Waals surface area contributed by atoms with Gasteiger partial charge in [0.05, 0.1) is 11.9 Å². The smallest absolute Gasteiger partial charge is 0.209 e. The summed E-state index contributed by atoms with van der Waals surface area (Å²) in [6.45, 7) is 2.53. The van der Waals surface area contributed by atoms with Crippen molar-refractivity contribution < 1.29 is 13.2 Å². The average molecular weight is 179 g/mol. The predicted octanol–water partition coefficient (Wildman–Crippen LogP) is -0.300. The minimum Gasteiger partial charge on any atom is -0.378 e. The SMILES string of the molecule is CC1OCCC1CS(N)(=O)=O. The van der Waals surface area contributed by atoms with Crippen LogP contribution in [0.25, 0.3) is 0 Å². The van der Waals surface area contributed by atoms with E-state index in [1.165, 1.54) is 0 Å².